The van der Waals surface area contributed by atoms with Gasteiger partial charge in [-0.25, -0.2) is 0 Å². The second-order valence-electron chi connectivity index (χ2n) is 7.11. The Morgan fingerprint density at radius 2 is 2.07 bits per heavy atom. The van der Waals surface area contributed by atoms with Crippen LogP contribution in [0.1, 0.15) is 38.5 Å². The summed E-state index contributed by atoms with van der Waals surface area (Å²) in [5, 5.41) is 11.3. The number of likely N-dealkylation sites (tertiary alicyclic amines) is 1. The maximum atomic E-state index is 5.91. The van der Waals surface area contributed by atoms with Crippen LogP contribution in [0.3, 0.4) is 0 Å². The van der Waals surface area contributed by atoms with E-state index in [-0.39, 0.29) is 24.0 Å². The van der Waals surface area contributed by atoms with Gasteiger partial charge in [-0.2, -0.15) is 4.98 Å². The third-order valence-corrected chi connectivity index (χ3v) is 5.31. The summed E-state index contributed by atoms with van der Waals surface area (Å²) < 4.78 is 5.31. The van der Waals surface area contributed by atoms with Gasteiger partial charge >= 0.3 is 0 Å². The minimum atomic E-state index is 0. The van der Waals surface area contributed by atoms with Crippen molar-refractivity contribution in [2.24, 2.45) is 4.99 Å². The average molecular weight is 533 g/mol. The first-order chi connectivity index (χ1) is 13.7. The molecule has 0 aliphatic carbocycles. The quantitative estimate of drug-likeness (QED) is 0.243. The second kappa shape index (κ2) is 12.3. The first-order valence-electron chi connectivity index (χ1n) is 9.93. The molecule has 1 aliphatic rings. The number of guanidine groups is 1. The summed E-state index contributed by atoms with van der Waals surface area (Å²) in [6.07, 6.45) is 5.09. The molecule has 0 amide bonds. The van der Waals surface area contributed by atoms with Gasteiger partial charge in [0.15, 0.2) is 5.96 Å². The summed E-state index contributed by atoms with van der Waals surface area (Å²) in [5.74, 6) is 1.79. The largest absolute Gasteiger partial charge is 0.356 e. The molecular weight excluding hydrogens is 503 g/mol. The lowest BCUT2D eigenvalue weighted by atomic mass is 10.0. The molecule has 0 bridgehead atoms. The Balaban J connectivity index is 0.00000300. The van der Waals surface area contributed by atoms with Crippen LogP contribution in [0.15, 0.2) is 33.8 Å². The van der Waals surface area contributed by atoms with Crippen LogP contribution < -0.4 is 10.6 Å². The van der Waals surface area contributed by atoms with E-state index in [1.54, 1.807) is 7.05 Å². The van der Waals surface area contributed by atoms with Crippen molar-refractivity contribution < 1.29 is 4.52 Å². The van der Waals surface area contributed by atoms with Crippen LogP contribution in [0.2, 0.25) is 5.02 Å². The predicted molar refractivity (Wildman–Crippen MR) is 128 cm³/mol. The van der Waals surface area contributed by atoms with E-state index in [0.717, 1.165) is 31.0 Å². The van der Waals surface area contributed by atoms with Gasteiger partial charge in [0.2, 0.25) is 11.7 Å². The van der Waals surface area contributed by atoms with Gasteiger partial charge in [0.25, 0.3) is 0 Å². The van der Waals surface area contributed by atoms with Crippen LogP contribution in [-0.4, -0.2) is 53.7 Å². The summed E-state index contributed by atoms with van der Waals surface area (Å²) >= 11 is 5.91. The average Bonchev–Trinajstić information content (AvgIpc) is 3.18. The molecule has 0 saturated carbocycles. The molecule has 29 heavy (non-hydrogen) atoms. The Labute approximate surface area is 194 Å². The number of benzene rings is 1. The van der Waals surface area contributed by atoms with Crippen molar-refractivity contribution in [2.75, 3.05) is 26.7 Å². The number of nitrogens with zero attached hydrogens (tertiary/aromatic N) is 4. The fourth-order valence-corrected chi connectivity index (χ4v) is 3.53. The molecule has 0 spiro atoms. The maximum Gasteiger partial charge on any atom is 0.246 e. The molecule has 1 aliphatic heterocycles. The van der Waals surface area contributed by atoms with Crippen molar-refractivity contribution in [3.63, 3.8) is 0 Å². The van der Waals surface area contributed by atoms with Crippen molar-refractivity contribution >= 4 is 41.5 Å². The molecule has 1 atom stereocenters. The lowest BCUT2D eigenvalue weighted by molar-refractivity contribution is 0.159. The van der Waals surface area contributed by atoms with E-state index in [1.165, 1.54) is 25.8 Å². The third kappa shape index (κ3) is 7.42. The van der Waals surface area contributed by atoms with Crippen molar-refractivity contribution in [2.45, 2.75) is 45.2 Å². The molecule has 1 aromatic heterocycles. The Hall–Kier alpha value is -1.39. The molecule has 1 fully saturated rings. The highest BCUT2D eigenvalue weighted by atomic mass is 127. The molecule has 3 rings (SSSR count). The zero-order valence-corrected chi connectivity index (χ0v) is 20.1. The summed E-state index contributed by atoms with van der Waals surface area (Å²) in [7, 11) is 1.76. The van der Waals surface area contributed by atoms with E-state index in [2.05, 4.69) is 37.6 Å². The number of rotatable bonds is 7. The van der Waals surface area contributed by atoms with Crippen LogP contribution in [0.25, 0.3) is 11.4 Å². The van der Waals surface area contributed by atoms with Gasteiger partial charge in [-0.05, 0) is 57.0 Å². The van der Waals surface area contributed by atoms with Gasteiger partial charge < -0.3 is 20.1 Å². The lowest BCUT2D eigenvalue weighted by Crippen LogP contribution is -2.41. The fraction of sp³-hybridized carbons (Fsp3) is 0.550. The van der Waals surface area contributed by atoms with Crippen molar-refractivity contribution in [3.8, 4) is 11.4 Å². The normalized spacial score (nSPS) is 17.6. The maximum absolute atomic E-state index is 5.91. The van der Waals surface area contributed by atoms with E-state index < -0.39 is 0 Å². The van der Waals surface area contributed by atoms with Crippen LogP contribution >= 0.6 is 35.6 Å². The third-order valence-electron chi connectivity index (χ3n) is 5.06. The van der Waals surface area contributed by atoms with E-state index >= 15 is 0 Å². The van der Waals surface area contributed by atoms with Gasteiger partial charge in [-0.15, -0.1) is 24.0 Å². The zero-order valence-electron chi connectivity index (χ0n) is 17.0. The summed E-state index contributed by atoms with van der Waals surface area (Å²) in [5.41, 5.74) is 0.869. The number of nitrogens with one attached hydrogen (secondary N) is 2. The second-order valence-corrected chi connectivity index (χ2v) is 7.54. The van der Waals surface area contributed by atoms with Crippen LogP contribution in [0, 0.1) is 0 Å². The minimum Gasteiger partial charge on any atom is -0.356 e. The lowest BCUT2D eigenvalue weighted by Gasteiger charge is -2.33. The first-order valence-corrected chi connectivity index (χ1v) is 10.3. The SMILES string of the molecule is CN=C(NCCCN1CCCCC1C)NCc1nc(-c2ccc(Cl)cc2)no1.I. The Kier molecular flexibility index (Phi) is 10.2. The summed E-state index contributed by atoms with van der Waals surface area (Å²) in [6.45, 7) is 5.97. The topological polar surface area (TPSA) is 78.6 Å². The highest BCUT2D eigenvalue weighted by Crippen LogP contribution is 2.18. The van der Waals surface area contributed by atoms with E-state index in [0.29, 0.717) is 29.3 Å². The van der Waals surface area contributed by atoms with Crippen LogP contribution in [-0.2, 0) is 6.54 Å². The number of aromatic nitrogens is 2. The molecule has 2 aromatic rings. The first kappa shape index (κ1) is 23.9. The Morgan fingerprint density at radius 1 is 1.28 bits per heavy atom. The highest BCUT2D eigenvalue weighted by Gasteiger charge is 2.17. The molecule has 0 radical (unpaired) electrons. The molecular formula is C20H30ClIN6O. The molecule has 1 unspecified atom stereocenters. The van der Waals surface area contributed by atoms with E-state index in [4.69, 9.17) is 16.1 Å². The van der Waals surface area contributed by atoms with Crippen LogP contribution in [0.5, 0.6) is 0 Å². The standard InChI is InChI=1S/C20H29ClN6O.HI/c1-15-6-3-4-12-27(15)13-5-11-23-20(22-2)24-14-18-25-19(26-28-18)16-7-9-17(21)10-8-16;/h7-10,15H,3-6,11-14H2,1-2H3,(H2,22,23,24);1H. The van der Waals surface area contributed by atoms with Crippen LogP contribution in [0.4, 0.5) is 0 Å². The van der Waals surface area contributed by atoms with Crippen molar-refractivity contribution in [1.82, 2.24) is 25.7 Å². The van der Waals surface area contributed by atoms with Gasteiger partial charge in [0.1, 0.15) is 0 Å². The number of halogens is 2. The van der Waals surface area contributed by atoms with E-state index in [9.17, 15) is 0 Å². The minimum absolute atomic E-state index is 0. The van der Waals surface area contributed by atoms with Crippen molar-refractivity contribution in [1.29, 1.82) is 0 Å². The molecule has 160 valence electrons. The van der Waals surface area contributed by atoms with Gasteiger partial charge in [0.05, 0.1) is 6.54 Å². The Morgan fingerprint density at radius 3 is 2.79 bits per heavy atom. The fourth-order valence-electron chi connectivity index (χ4n) is 3.40. The summed E-state index contributed by atoms with van der Waals surface area (Å²) in [4.78, 5) is 11.2. The predicted octanol–water partition coefficient (Wildman–Crippen LogP) is 3.94. The number of hydrogen-bond donors (Lipinski definition) is 2. The number of piperidine rings is 1. The molecule has 9 heteroatoms. The monoisotopic (exact) mass is 532 g/mol. The highest BCUT2D eigenvalue weighted by molar-refractivity contribution is 14.0. The number of hydrogen-bond acceptors (Lipinski definition) is 5. The van der Waals surface area contributed by atoms with E-state index in [1.807, 2.05) is 24.3 Å². The van der Waals surface area contributed by atoms with Gasteiger partial charge in [0, 0.05) is 36.8 Å². The summed E-state index contributed by atoms with van der Waals surface area (Å²) in [6, 6.07) is 8.06. The van der Waals surface area contributed by atoms with Crippen molar-refractivity contribution in [3.05, 3.63) is 35.2 Å². The van der Waals surface area contributed by atoms with Gasteiger partial charge in [-0.3, -0.25) is 4.99 Å². The number of aliphatic imine (C=N–C) groups is 1. The molecule has 2 N–H and O–H groups in total. The smallest absolute Gasteiger partial charge is 0.246 e. The zero-order chi connectivity index (χ0) is 19.8. The molecule has 2 heterocycles. The molecule has 1 saturated heterocycles. The Bertz CT molecular complexity index is 767. The molecule has 1 aromatic carbocycles. The van der Waals surface area contributed by atoms with Gasteiger partial charge in [-0.1, -0.05) is 23.2 Å². The molecule has 7 nitrogen and oxygen atoms in total.